The SMILES string of the molecule is O=C(NCc1cc(C(O)c2ccccn2)cs1)C(O)C(O)C(=O)N1CCCC1. The number of hydrogen-bond donors (Lipinski definition) is 4. The average Bonchev–Trinajstić information content (AvgIpc) is 3.42. The van der Waals surface area contributed by atoms with Gasteiger partial charge in [-0.1, -0.05) is 6.07 Å². The number of aliphatic hydroxyl groups is 3. The van der Waals surface area contributed by atoms with Crippen LogP contribution >= 0.6 is 11.3 Å². The minimum Gasteiger partial charge on any atom is -0.382 e. The monoisotopic (exact) mass is 405 g/mol. The third kappa shape index (κ3) is 4.74. The first kappa shape index (κ1) is 20.4. The molecule has 1 aliphatic heterocycles. The van der Waals surface area contributed by atoms with Gasteiger partial charge in [0.2, 0.25) is 0 Å². The van der Waals surface area contributed by atoms with Crippen LogP contribution in [-0.2, 0) is 16.1 Å². The van der Waals surface area contributed by atoms with E-state index in [2.05, 4.69) is 10.3 Å². The van der Waals surface area contributed by atoms with Crippen LogP contribution in [0, 0.1) is 0 Å². The number of amides is 2. The van der Waals surface area contributed by atoms with Crippen LogP contribution < -0.4 is 5.32 Å². The summed E-state index contributed by atoms with van der Waals surface area (Å²) in [6, 6.07) is 7.01. The van der Waals surface area contributed by atoms with E-state index in [0.717, 1.165) is 17.7 Å². The first-order valence-electron chi connectivity index (χ1n) is 9.06. The van der Waals surface area contributed by atoms with Crippen molar-refractivity contribution in [1.29, 1.82) is 0 Å². The number of hydrogen-bond acceptors (Lipinski definition) is 7. The summed E-state index contributed by atoms with van der Waals surface area (Å²) in [5.74, 6) is -1.45. The number of aliphatic hydroxyl groups excluding tert-OH is 3. The van der Waals surface area contributed by atoms with E-state index in [9.17, 15) is 24.9 Å². The molecule has 2 amide bonds. The number of carbonyl (C=O) groups is 2. The Kier molecular flexibility index (Phi) is 6.74. The van der Waals surface area contributed by atoms with Crippen molar-refractivity contribution in [2.75, 3.05) is 13.1 Å². The quantitative estimate of drug-likeness (QED) is 0.521. The molecule has 0 aliphatic carbocycles. The summed E-state index contributed by atoms with van der Waals surface area (Å²) >= 11 is 1.34. The predicted octanol–water partition coefficient (Wildman–Crippen LogP) is 0.185. The van der Waals surface area contributed by atoms with Crippen molar-refractivity contribution >= 4 is 23.2 Å². The van der Waals surface area contributed by atoms with Crippen molar-refractivity contribution in [2.45, 2.75) is 37.7 Å². The van der Waals surface area contributed by atoms with Crippen LogP contribution in [-0.4, -0.2) is 62.3 Å². The van der Waals surface area contributed by atoms with E-state index in [1.54, 1.807) is 35.8 Å². The predicted molar refractivity (Wildman–Crippen MR) is 102 cm³/mol. The van der Waals surface area contributed by atoms with Gasteiger partial charge in [0.1, 0.15) is 6.10 Å². The fraction of sp³-hybridized carbons (Fsp3) is 0.421. The maximum atomic E-state index is 12.1. The average molecular weight is 405 g/mol. The number of rotatable bonds is 7. The minimum atomic E-state index is -1.83. The van der Waals surface area contributed by atoms with Crippen LogP contribution in [0.2, 0.25) is 0 Å². The molecule has 4 N–H and O–H groups in total. The van der Waals surface area contributed by atoms with Crippen LogP contribution in [0.4, 0.5) is 0 Å². The molecule has 0 aromatic carbocycles. The fourth-order valence-corrected chi connectivity index (χ4v) is 3.87. The summed E-state index contributed by atoms with van der Waals surface area (Å²) in [5.41, 5.74) is 1.17. The summed E-state index contributed by atoms with van der Waals surface area (Å²) in [5, 5.41) is 34.6. The molecule has 0 saturated carbocycles. The molecule has 0 radical (unpaired) electrons. The van der Waals surface area contributed by atoms with Crippen molar-refractivity contribution in [1.82, 2.24) is 15.2 Å². The number of aromatic nitrogens is 1. The number of nitrogens with zero attached hydrogens (tertiary/aromatic N) is 2. The van der Waals surface area contributed by atoms with Gasteiger partial charge in [-0.2, -0.15) is 0 Å². The van der Waals surface area contributed by atoms with E-state index in [1.165, 1.54) is 16.2 Å². The molecule has 0 spiro atoms. The van der Waals surface area contributed by atoms with Crippen LogP contribution in [0.1, 0.15) is 35.1 Å². The van der Waals surface area contributed by atoms with E-state index < -0.39 is 30.1 Å². The van der Waals surface area contributed by atoms with E-state index in [0.29, 0.717) is 24.3 Å². The van der Waals surface area contributed by atoms with Crippen molar-refractivity contribution in [2.24, 2.45) is 0 Å². The molecule has 150 valence electrons. The van der Waals surface area contributed by atoms with Gasteiger partial charge in [0.25, 0.3) is 11.8 Å². The third-order valence-corrected chi connectivity index (χ3v) is 5.59. The Morgan fingerprint density at radius 2 is 1.93 bits per heavy atom. The molecule has 2 aromatic heterocycles. The number of carbonyl (C=O) groups excluding carboxylic acids is 2. The normalized spacial score (nSPS) is 17.2. The maximum absolute atomic E-state index is 12.1. The zero-order valence-corrected chi connectivity index (χ0v) is 16.0. The highest BCUT2D eigenvalue weighted by Crippen LogP contribution is 2.25. The molecule has 28 heavy (non-hydrogen) atoms. The van der Waals surface area contributed by atoms with Gasteiger partial charge in [-0.05, 0) is 42.0 Å². The lowest BCUT2D eigenvalue weighted by atomic mass is 10.1. The number of likely N-dealkylation sites (tertiary alicyclic amines) is 1. The Labute approximate surface area is 166 Å². The summed E-state index contributed by atoms with van der Waals surface area (Å²) in [6.07, 6.45) is -1.16. The van der Waals surface area contributed by atoms with E-state index in [-0.39, 0.29) is 6.54 Å². The molecule has 3 unspecified atom stereocenters. The first-order chi connectivity index (χ1) is 13.5. The van der Waals surface area contributed by atoms with Crippen LogP contribution in [0.3, 0.4) is 0 Å². The molecule has 1 fully saturated rings. The Balaban J connectivity index is 1.53. The second kappa shape index (κ2) is 9.24. The van der Waals surface area contributed by atoms with E-state index in [4.69, 9.17) is 0 Å². The topological polar surface area (TPSA) is 123 Å². The van der Waals surface area contributed by atoms with Crippen LogP contribution in [0.25, 0.3) is 0 Å². The zero-order valence-electron chi connectivity index (χ0n) is 15.2. The summed E-state index contributed by atoms with van der Waals surface area (Å²) in [4.78, 5) is 30.5. The molecule has 9 heteroatoms. The van der Waals surface area contributed by atoms with Crippen molar-refractivity contribution in [3.8, 4) is 0 Å². The fourth-order valence-electron chi connectivity index (χ4n) is 3.02. The molecule has 0 bridgehead atoms. The highest BCUT2D eigenvalue weighted by atomic mass is 32.1. The first-order valence-corrected chi connectivity index (χ1v) is 9.94. The third-order valence-electron chi connectivity index (χ3n) is 4.63. The van der Waals surface area contributed by atoms with Gasteiger partial charge in [0, 0.05) is 24.2 Å². The Morgan fingerprint density at radius 3 is 2.61 bits per heavy atom. The lowest BCUT2D eigenvalue weighted by Gasteiger charge is -2.22. The van der Waals surface area contributed by atoms with Crippen molar-refractivity contribution in [3.63, 3.8) is 0 Å². The van der Waals surface area contributed by atoms with E-state index in [1.807, 2.05) is 0 Å². The molecule has 1 aliphatic rings. The number of nitrogens with one attached hydrogen (secondary N) is 1. The highest BCUT2D eigenvalue weighted by Gasteiger charge is 2.34. The molecular weight excluding hydrogens is 382 g/mol. The molecule has 3 rings (SSSR count). The Hall–Kier alpha value is -2.33. The number of thiophene rings is 1. The molecule has 8 nitrogen and oxygen atoms in total. The van der Waals surface area contributed by atoms with Gasteiger partial charge >= 0.3 is 0 Å². The minimum absolute atomic E-state index is 0.111. The number of pyridine rings is 1. The Morgan fingerprint density at radius 1 is 1.18 bits per heavy atom. The molecule has 1 saturated heterocycles. The highest BCUT2D eigenvalue weighted by molar-refractivity contribution is 7.10. The van der Waals surface area contributed by atoms with E-state index >= 15 is 0 Å². The standard InChI is InChI=1S/C19H23N3O5S/c23-15(14-5-1-2-6-20-14)12-9-13(28-11-12)10-21-18(26)16(24)17(25)19(27)22-7-3-4-8-22/h1-2,5-6,9,11,15-17,23-25H,3-4,7-8,10H2,(H,21,26). The van der Waals surface area contributed by atoms with Gasteiger partial charge in [0.15, 0.2) is 12.2 Å². The van der Waals surface area contributed by atoms with Gasteiger partial charge < -0.3 is 25.5 Å². The van der Waals surface area contributed by atoms with Crippen LogP contribution in [0.15, 0.2) is 35.8 Å². The molecule has 3 atom stereocenters. The second-order valence-electron chi connectivity index (χ2n) is 6.64. The summed E-state index contributed by atoms with van der Waals surface area (Å²) < 4.78 is 0. The molecular formula is C19H23N3O5S. The van der Waals surface area contributed by atoms with Gasteiger partial charge in [-0.25, -0.2) is 0 Å². The lowest BCUT2D eigenvalue weighted by molar-refractivity contribution is -0.152. The van der Waals surface area contributed by atoms with Gasteiger partial charge in [0.05, 0.1) is 12.2 Å². The molecule has 2 aromatic rings. The Bertz CT molecular complexity index is 807. The largest absolute Gasteiger partial charge is 0.382 e. The molecule has 3 heterocycles. The van der Waals surface area contributed by atoms with Gasteiger partial charge in [-0.3, -0.25) is 14.6 Å². The van der Waals surface area contributed by atoms with Gasteiger partial charge in [-0.15, -0.1) is 11.3 Å². The summed E-state index contributed by atoms with van der Waals surface area (Å²) in [6.45, 7) is 1.17. The van der Waals surface area contributed by atoms with Crippen molar-refractivity contribution < 1.29 is 24.9 Å². The van der Waals surface area contributed by atoms with Crippen LogP contribution in [0.5, 0.6) is 0 Å². The zero-order chi connectivity index (χ0) is 20.1. The smallest absolute Gasteiger partial charge is 0.254 e. The second-order valence-corrected chi connectivity index (χ2v) is 7.64. The maximum Gasteiger partial charge on any atom is 0.254 e. The summed E-state index contributed by atoms with van der Waals surface area (Å²) in [7, 11) is 0. The lowest BCUT2D eigenvalue weighted by Crippen LogP contribution is -2.50. The van der Waals surface area contributed by atoms with Crippen molar-refractivity contribution in [3.05, 3.63) is 52.0 Å².